The van der Waals surface area contributed by atoms with Gasteiger partial charge in [0.05, 0.1) is 11.8 Å². The van der Waals surface area contributed by atoms with Gasteiger partial charge in [0.15, 0.2) is 0 Å². The highest BCUT2D eigenvalue weighted by Crippen LogP contribution is 2.08. The van der Waals surface area contributed by atoms with Gasteiger partial charge in [0.1, 0.15) is 6.61 Å². The summed E-state index contributed by atoms with van der Waals surface area (Å²) >= 11 is 0. The number of hydrogen-bond donors (Lipinski definition) is 1. The van der Waals surface area contributed by atoms with Crippen LogP contribution in [0.25, 0.3) is 0 Å². The van der Waals surface area contributed by atoms with E-state index in [4.69, 9.17) is 4.84 Å². The average molecular weight is 203 g/mol. The Balaban J connectivity index is 1.83. The highest BCUT2D eigenvalue weighted by atomic mass is 16.6. The Kier molecular flexibility index (Phi) is 3.15. The van der Waals surface area contributed by atoms with Crippen LogP contribution in [0.4, 0.5) is 0 Å². The minimum Gasteiger partial charge on any atom is -0.391 e. The topological polar surface area (TPSA) is 41.8 Å². The maximum Gasteiger partial charge on any atom is 0.142 e. The number of oxime groups is 1. The molecule has 0 amide bonds. The number of nitrogens with zero attached hydrogens (tertiary/aromatic N) is 1. The van der Waals surface area contributed by atoms with Crippen LogP contribution in [0, 0.1) is 0 Å². The predicted octanol–water partition coefficient (Wildman–Crippen LogP) is 1.88. The van der Waals surface area contributed by atoms with E-state index in [2.05, 4.69) is 5.16 Å². The van der Waals surface area contributed by atoms with Crippen molar-refractivity contribution in [3.63, 3.8) is 0 Å². The van der Waals surface area contributed by atoms with Gasteiger partial charge < -0.3 is 9.94 Å². The third kappa shape index (κ3) is 2.92. The van der Waals surface area contributed by atoms with Crippen LogP contribution in [-0.2, 0) is 11.4 Å². The molecule has 0 spiro atoms. The van der Waals surface area contributed by atoms with Gasteiger partial charge in [-0.3, -0.25) is 0 Å². The minimum atomic E-state index is -0.399. The zero-order valence-corrected chi connectivity index (χ0v) is 8.34. The summed E-state index contributed by atoms with van der Waals surface area (Å²) < 4.78 is 0. The van der Waals surface area contributed by atoms with Crippen molar-refractivity contribution < 1.29 is 9.94 Å². The lowest BCUT2D eigenvalue weighted by molar-refractivity contribution is 0.129. The Morgan fingerprint density at radius 2 is 2.13 bits per heavy atom. The molecule has 0 aromatic heterocycles. The summed E-state index contributed by atoms with van der Waals surface area (Å²) in [5, 5.41) is 13.1. The standard InChI is InChI=1S/C12H13NO2/c14-12-7-6-11(8-12)13-15-9-10-4-2-1-3-5-10/h1-7,12,14H,8-9H2/t12-/m0/s1. The number of aliphatic hydroxyl groups is 1. The molecule has 1 aliphatic carbocycles. The molecule has 0 saturated heterocycles. The summed E-state index contributed by atoms with van der Waals surface area (Å²) in [6, 6.07) is 9.86. The van der Waals surface area contributed by atoms with Crippen molar-refractivity contribution in [3.05, 3.63) is 48.0 Å². The van der Waals surface area contributed by atoms with E-state index in [1.807, 2.05) is 30.3 Å². The van der Waals surface area contributed by atoms with E-state index in [0.29, 0.717) is 13.0 Å². The first-order chi connectivity index (χ1) is 7.34. The molecule has 3 heteroatoms. The smallest absolute Gasteiger partial charge is 0.142 e. The lowest BCUT2D eigenvalue weighted by Gasteiger charge is -2.00. The fraction of sp³-hybridized carbons (Fsp3) is 0.250. The van der Waals surface area contributed by atoms with Crippen LogP contribution in [0.15, 0.2) is 47.6 Å². The van der Waals surface area contributed by atoms with Crippen LogP contribution in [-0.4, -0.2) is 16.9 Å². The van der Waals surface area contributed by atoms with Crippen molar-refractivity contribution in [1.29, 1.82) is 0 Å². The van der Waals surface area contributed by atoms with Gasteiger partial charge in [0.2, 0.25) is 0 Å². The van der Waals surface area contributed by atoms with Gasteiger partial charge >= 0.3 is 0 Å². The van der Waals surface area contributed by atoms with E-state index in [1.54, 1.807) is 12.2 Å². The van der Waals surface area contributed by atoms with Gasteiger partial charge in [-0.25, -0.2) is 0 Å². The number of aliphatic hydroxyl groups excluding tert-OH is 1. The van der Waals surface area contributed by atoms with Gasteiger partial charge in [-0.2, -0.15) is 0 Å². The molecule has 2 rings (SSSR count). The van der Waals surface area contributed by atoms with Crippen molar-refractivity contribution in [2.24, 2.45) is 5.16 Å². The zero-order chi connectivity index (χ0) is 10.5. The molecule has 0 radical (unpaired) electrons. The number of rotatable bonds is 3. The van der Waals surface area contributed by atoms with Crippen LogP contribution in [0.3, 0.4) is 0 Å². The van der Waals surface area contributed by atoms with E-state index >= 15 is 0 Å². The normalized spacial score (nSPS) is 22.2. The van der Waals surface area contributed by atoms with E-state index in [1.165, 1.54) is 0 Å². The molecule has 0 bridgehead atoms. The Morgan fingerprint density at radius 1 is 1.33 bits per heavy atom. The largest absolute Gasteiger partial charge is 0.391 e. The molecule has 1 atom stereocenters. The number of hydrogen-bond acceptors (Lipinski definition) is 3. The molecular weight excluding hydrogens is 190 g/mol. The van der Waals surface area contributed by atoms with Crippen molar-refractivity contribution >= 4 is 5.71 Å². The van der Waals surface area contributed by atoms with E-state index in [0.717, 1.165) is 11.3 Å². The molecule has 78 valence electrons. The van der Waals surface area contributed by atoms with Crippen LogP contribution in [0.1, 0.15) is 12.0 Å². The molecule has 15 heavy (non-hydrogen) atoms. The third-order valence-corrected chi connectivity index (χ3v) is 2.18. The molecule has 0 aliphatic heterocycles. The van der Waals surface area contributed by atoms with Gasteiger partial charge in [-0.15, -0.1) is 0 Å². The first-order valence-electron chi connectivity index (χ1n) is 4.93. The number of allylic oxidation sites excluding steroid dienone is 1. The van der Waals surface area contributed by atoms with Crippen molar-refractivity contribution in [3.8, 4) is 0 Å². The molecule has 0 saturated carbocycles. The predicted molar refractivity (Wildman–Crippen MR) is 58.4 cm³/mol. The molecular formula is C12H13NO2. The Morgan fingerprint density at radius 3 is 2.80 bits per heavy atom. The van der Waals surface area contributed by atoms with Crippen molar-refractivity contribution in [1.82, 2.24) is 0 Å². The van der Waals surface area contributed by atoms with E-state index in [9.17, 15) is 5.11 Å². The summed E-state index contributed by atoms with van der Waals surface area (Å²) in [5.74, 6) is 0. The summed E-state index contributed by atoms with van der Waals surface area (Å²) in [7, 11) is 0. The van der Waals surface area contributed by atoms with Gasteiger partial charge in [-0.05, 0) is 11.6 Å². The molecule has 3 nitrogen and oxygen atoms in total. The maximum atomic E-state index is 9.19. The van der Waals surface area contributed by atoms with Gasteiger partial charge in [0, 0.05) is 6.42 Å². The Labute approximate surface area is 88.7 Å². The molecule has 1 aromatic carbocycles. The number of benzene rings is 1. The lowest BCUT2D eigenvalue weighted by Crippen LogP contribution is -2.01. The second-order valence-electron chi connectivity index (χ2n) is 3.47. The van der Waals surface area contributed by atoms with E-state index < -0.39 is 6.10 Å². The van der Waals surface area contributed by atoms with Gasteiger partial charge in [0.25, 0.3) is 0 Å². The lowest BCUT2D eigenvalue weighted by atomic mass is 10.2. The van der Waals surface area contributed by atoms with Crippen molar-refractivity contribution in [2.45, 2.75) is 19.1 Å². The Bertz CT molecular complexity index is 370. The highest BCUT2D eigenvalue weighted by molar-refractivity contribution is 5.97. The second-order valence-corrected chi connectivity index (χ2v) is 3.47. The molecule has 1 N–H and O–H groups in total. The SMILES string of the molecule is O[C@H]1C=CC(=NOCc2ccccc2)C1. The maximum absolute atomic E-state index is 9.19. The van der Waals surface area contributed by atoms with Crippen molar-refractivity contribution in [2.75, 3.05) is 0 Å². The van der Waals surface area contributed by atoms with Crippen LogP contribution in [0.2, 0.25) is 0 Å². The molecule has 0 fully saturated rings. The summed E-state index contributed by atoms with van der Waals surface area (Å²) in [5.41, 5.74) is 1.88. The average Bonchev–Trinajstić information content (AvgIpc) is 2.66. The second kappa shape index (κ2) is 4.75. The van der Waals surface area contributed by atoms with E-state index in [-0.39, 0.29) is 0 Å². The zero-order valence-electron chi connectivity index (χ0n) is 8.34. The van der Waals surface area contributed by atoms with Gasteiger partial charge in [-0.1, -0.05) is 41.6 Å². The first-order valence-corrected chi connectivity index (χ1v) is 4.93. The molecule has 0 heterocycles. The minimum absolute atomic E-state index is 0.399. The fourth-order valence-corrected chi connectivity index (χ4v) is 1.40. The molecule has 1 aliphatic rings. The molecule has 0 unspecified atom stereocenters. The fourth-order valence-electron chi connectivity index (χ4n) is 1.40. The quantitative estimate of drug-likeness (QED) is 0.762. The van der Waals surface area contributed by atoms with Crippen LogP contribution in [0.5, 0.6) is 0 Å². The van der Waals surface area contributed by atoms with Crippen LogP contribution >= 0.6 is 0 Å². The first kappa shape index (κ1) is 9.93. The Hall–Kier alpha value is -1.61. The third-order valence-electron chi connectivity index (χ3n) is 2.18. The summed E-state index contributed by atoms with van der Waals surface area (Å²) in [4.78, 5) is 5.18. The highest BCUT2D eigenvalue weighted by Gasteiger charge is 2.10. The summed E-state index contributed by atoms with van der Waals surface area (Å²) in [6.45, 7) is 0.467. The summed E-state index contributed by atoms with van der Waals surface area (Å²) in [6.07, 6.45) is 3.65. The molecule has 1 aromatic rings. The van der Waals surface area contributed by atoms with Crippen LogP contribution < -0.4 is 0 Å². The monoisotopic (exact) mass is 203 g/mol.